The fraction of sp³-hybridized carbons (Fsp3) is 0.769. The molecule has 0 fully saturated rings. The van der Waals surface area contributed by atoms with Crippen molar-refractivity contribution in [2.75, 3.05) is 18.0 Å². The Balaban J connectivity index is 1.85. The Kier molecular flexibility index (Phi) is 16.9. The molecule has 1 aromatic carbocycles. The van der Waals surface area contributed by atoms with Crippen LogP contribution in [0.4, 0.5) is 5.69 Å². The van der Waals surface area contributed by atoms with Crippen molar-refractivity contribution in [3.63, 3.8) is 0 Å². The van der Waals surface area contributed by atoms with Crippen molar-refractivity contribution < 1.29 is 0 Å². The molecule has 1 nitrogen and oxygen atoms in total. The van der Waals surface area contributed by atoms with Gasteiger partial charge in [0.05, 0.1) is 0 Å². The predicted molar refractivity (Wildman–Crippen MR) is 132 cm³/mol. The van der Waals surface area contributed by atoms with E-state index in [1.807, 2.05) is 0 Å². The minimum atomic E-state index is 1.10. The number of hydrogen-bond donors (Lipinski definition) is 0. The van der Waals surface area contributed by atoms with Gasteiger partial charge in [-0.05, 0) is 37.6 Å². The summed E-state index contributed by atoms with van der Waals surface area (Å²) in [5.41, 5.74) is 1.35. The van der Waals surface area contributed by atoms with Crippen LogP contribution in [0.25, 0.3) is 0 Å². The van der Waals surface area contributed by atoms with Crippen molar-refractivity contribution in [2.45, 2.75) is 117 Å². The van der Waals surface area contributed by atoms with Gasteiger partial charge in [-0.3, -0.25) is 0 Å². The fourth-order valence-corrected chi connectivity index (χ4v) is 4.24. The summed E-state index contributed by atoms with van der Waals surface area (Å²) < 4.78 is 1.16. The summed E-state index contributed by atoms with van der Waals surface area (Å²) in [7, 11) is 0. The molecule has 0 heterocycles. The van der Waals surface area contributed by atoms with Gasteiger partial charge in [-0.2, -0.15) is 0 Å². The molecule has 1 aromatic rings. The number of rotatable bonds is 19. The first-order chi connectivity index (χ1) is 13.8. The van der Waals surface area contributed by atoms with Gasteiger partial charge in [0, 0.05) is 23.2 Å². The van der Waals surface area contributed by atoms with Crippen LogP contribution in [0.3, 0.4) is 0 Å². The summed E-state index contributed by atoms with van der Waals surface area (Å²) in [5.74, 6) is 0. The summed E-state index contributed by atoms with van der Waals surface area (Å²) in [5, 5.41) is 0. The number of unbranched alkanes of at least 4 members (excludes halogenated alkanes) is 15. The van der Waals surface area contributed by atoms with Crippen molar-refractivity contribution >= 4 is 21.6 Å². The molecular formula is C26H46BrN. The Bertz CT molecular complexity index is 442. The number of anilines is 1. The van der Waals surface area contributed by atoms with Crippen LogP contribution in [0.15, 0.2) is 28.7 Å². The molecule has 0 atom stereocenters. The Hall–Kier alpha value is -0.500. The highest BCUT2D eigenvalue weighted by atomic mass is 79.9. The highest BCUT2D eigenvalue weighted by Crippen LogP contribution is 2.19. The Morgan fingerprint density at radius 1 is 0.571 bits per heavy atom. The summed E-state index contributed by atoms with van der Waals surface area (Å²) in [4.78, 5) is 2.50. The van der Waals surface area contributed by atoms with Crippen molar-refractivity contribution in [3.05, 3.63) is 28.7 Å². The fourth-order valence-electron chi connectivity index (χ4n) is 3.97. The molecule has 0 radical (unpaired) electrons. The van der Waals surface area contributed by atoms with E-state index < -0.39 is 0 Å². The van der Waals surface area contributed by atoms with Crippen LogP contribution in [0.1, 0.15) is 117 Å². The van der Waals surface area contributed by atoms with Gasteiger partial charge in [0.2, 0.25) is 0 Å². The highest BCUT2D eigenvalue weighted by molar-refractivity contribution is 9.10. The van der Waals surface area contributed by atoms with E-state index in [0.29, 0.717) is 0 Å². The van der Waals surface area contributed by atoms with Crippen LogP contribution in [-0.2, 0) is 0 Å². The van der Waals surface area contributed by atoms with Crippen molar-refractivity contribution in [1.29, 1.82) is 0 Å². The van der Waals surface area contributed by atoms with Gasteiger partial charge in [0.15, 0.2) is 0 Å². The third-order valence-electron chi connectivity index (χ3n) is 5.86. The molecule has 0 aliphatic carbocycles. The first-order valence-corrected chi connectivity index (χ1v) is 13.1. The second-order valence-electron chi connectivity index (χ2n) is 8.36. The van der Waals surface area contributed by atoms with E-state index in [1.54, 1.807) is 0 Å². The van der Waals surface area contributed by atoms with Crippen LogP contribution < -0.4 is 4.90 Å². The van der Waals surface area contributed by atoms with Gasteiger partial charge in [-0.1, -0.05) is 119 Å². The van der Waals surface area contributed by atoms with E-state index in [2.05, 4.69) is 58.9 Å². The Morgan fingerprint density at radius 3 is 1.36 bits per heavy atom. The molecule has 162 valence electrons. The standard InChI is InChI=1S/C26H46BrN/c1-3-5-6-7-8-9-10-11-12-13-14-15-16-17-18-19-24-28(4-2)26-22-20-25(27)21-23-26/h20-23H,3-19,24H2,1-2H3. The zero-order valence-corrected chi connectivity index (χ0v) is 20.4. The molecule has 0 aliphatic heterocycles. The van der Waals surface area contributed by atoms with E-state index in [4.69, 9.17) is 0 Å². The second-order valence-corrected chi connectivity index (χ2v) is 9.28. The maximum atomic E-state index is 3.52. The summed E-state index contributed by atoms with van der Waals surface area (Å²) >= 11 is 3.52. The highest BCUT2D eigenvalue weighted by Gasteiger charge is 2.03. The summed E-state index contributed by atoms with van der Waals surface area (Å²) in [6.45, 7) is 6.84. The van der Waals surface area contributed by atoms with Crippen molar-refractivity contribution in [1.82, 2.24) is 0 Å². The number of hydrogen-bond acceptors (Lipinski definition) is 1. The molecule has 0 bridgehead atoms. The molecule has 0 amide bonds. The third-order valence-corrected chi connectivity index (χ3v) is 6.38. The minimum Gasteiger partial charge on any atom is -0.372 e. The second kappa shape index (κ2) is 18.5. The normalized spacial score (nSPS) is 11.1. The van der Waals surface area contributed by atoms with Crippen LogP contribution in [0.5, 0.6) is 0 Å². The van der Waals surface area contributed by atoms with Crippen LogP contribution in [0, 0.1) is 0 Å². The quantitative estimate of drug-likeness (QED) is 0.189. The molecule has 0 aromatic heterocycles. The van der Waals surface area contributed by atoms with Gasteiger partial charge in [0.1, 0.15) is 0 Å². The van der Waals surface area contributed by atoms with Gasteiger partial charge in [0.25, 0.3) is 0 Å². The first-order valence-electron chi connectivity index (χ1n) is 12.3. The monoisotopic (exact) mass is 451 g/mol. The number of benzene rings is 1. The molecule has 0 spiro atoms. The maximum absolute atomic E-state index is 3.52. The SMILES string of the molecule is CCCCCCCCCCCCCCCCCCN(CC)c1ccc(Br)cc1. The zero-order chi connectivity index (χ0) is 20.3. The van der Waals surface area contributed by atoms with Gasteiger partial charge < -0.3 is 4.90 Å². The molecule has 28 heavy (non-hydrogen) atoms. The van der Waals surface area contributed by atoms with Gasteiger partial charge >= 0.3 is 0 Å². The number of halogens is 1. The van der Waals surface area contributed by atoms with E-state index in [-0.39, 0.29) is 0 Å². The molecule has 0 unspecified atom stereocenters. The minimum absolute atomic E-state index is 1.10. The largest absolute Gasteiger partial charge is 0.372 e. The van der Waals surface area contributed by atoms with Crippen LogP contribution in [-0.4, -0.2) is 13.1 Å². The maximum Gasteiger partial charge on any atom is 0.0366 e. The topological polar surface area (TPSA) is 3.24 Å². The van der Waals surface area contributed by atoms with Gasteiger partial charge in [-0.15, -0.1) is 0 Å². The molecule has 0 saturated heterocycles. The van der Waals surface area contributed by atoms with Crippen LogP contribution in [0.2, 0.25) is 0 Å². The van der Waals surface area contributed by atoms with E-state index >= 15 is 0 Å². The average molecular weight is 453 g/mol. The lowest BCUT2D eigenvalue weighted by Crippen LogP contribution is -2.23. The number of nitrogens with zero attached hydrogens (tertiary/aromatic N) is 1. The van der Waals surface area contributed by atoms with E-state index in [0.717, 1.165) is 11.0 Å². The Labute approximate surface area is 184 Å². The van der Waals surface area contributed by atoms with E-state index in [1.165, 1.54) is 115 Å². The third kappa shape index (κ3) is 13.6. The lowest BCUT2D eigenvalue weighted by atomic mass is 10.0. The molecule has 2 heteroatoms. The average Bonchev–Trinajstić information content (AvgIpc) is 2.71. The Morgan fingerprint density at radius 2 is 0.964 bits per heavy atom. The lowest BCUT2D eigenvalue weighted by Gasteiger charge is -2.23. The molecule has 1 rings (SSSR count). The summed E-state index contributed by atoms with van der Waals surface area (Å²) in [6.07, 6.45) is 23.0. The molecule has 0 aliphatic rings. The smallest absolute Gasteiger partial charge is 0.0366 e. The first kappa shape index (κ1) is 25.5. The van der Waals surface area contributed by atoms with Crippen molar-refractivity contribution in [3.8, 4) is 0 Å². The lowest BCUT2D eigenvalue weighted by molar-refractivity contribution is 0.529. The summed E-state index contributed by atoms with van der Waals surface area (Å²) in [6, 6.07) is 8.73. The predicted octanol–water partition coefficient (Wildman–Crippen LogP) is 9.54. The van der Waals surface area contributed by atoms with E-state index in [9.17, 15) is 0 Å². The van der Waals surface area contributed by atoms with Crippen LogP contribution >= 0.6 is 15.9 Å². The molecule has 0 N–H and O–H groups in total. The van der Waals surface area contributed by atoms with Crippen molar-refractivity contribution in [2.24, 2.45) is 0 Å². The molecule has 0 saturated carbocycles. The van der Waals surface area contributed by atoms with Gasteiger partial charge in [-0.25, -0.2) is 0 Å². The zero-order valence-electron chi connectivity index (χ0n) is 18.9. The molecular weight excluding hydrogens is 406 g/mol.